The van der Waals surface area contributed by atoms with E-state index in [0.717, 1.165) is 0 Å². The van der Waals surface area contributed by atoms with E-state index in [1.54, 1.807) is 0 Å². The zero-order valence-electron chi connectivity index (χ0n) is 6.27. The van der Waals surface area contributed by atoms with Gasteiger partial charge in [0.1, 0.15) is 5.15 Å². The summed E-state index contributed by atoms with van der Waals surface area (Å²) in [6.45, 7) is -0.458. The van der Waals surface area contributed by atoms with Crippen LogP contribution in [0.15, 0.2) is 6.20 Å². The third kappa shape index (κ3) is 2.26. The van der Waals surface area contributed by atoms with Gasteiger partial charge in [0, 0.05) is 15.3 Å². The minimum Gasteiger partial charge on any atom is -0.392 e. The van der Waals surface area contributed by atoms with Crippen molar-refractivity contribution in [3.63, 3.8) is 0 Å². The smallest absolute Gasteiger partial charge is 0.267 e. The van der Waals surface area contributed by atoms with Crippen LogP contribution < -0.4 is 0 Å². The molecule has 0 atom stereocenters. The Hall–Kier alpha value is -0.0100. The fraction of sp³-hybridized carbons (Fsp3) is 0.286. The lowest BCUT2D eigenvalue weighted by atomic mass is 10.1. The molecule has 0 spiro atoms. The van der Waals surface area contributed by atoms with E-state index in [0.29, 0.717) is 3.57 Å². The Bertz CT molecular complexity index is 322. The number of halogens is 4. The molecular formula is C7H5ClF2INO. The zero-order valence-corrected chi connectivity index (χ0v) is 9.18. The normalized spacial score (nSPS) is 10.9. The Morgan fingerprint density at radius 2 is 2.23 bits per heavy atom. The summed E-state index contributed by atoms with van der Waals surface area (Å²) in [7, 11) is 0. The van der Waals surface area contributed by atoms with Gasteiger partial charge in [-0.05, 0) is 22.6 Å². The lowest BCUT2D eigenvalue weighted by molar-refractivity contribution is 0.146. The molecule has 72 valence electrons. The summed E-state index contributed by atoms with van der Waals surface area (Å²) < 4.78 is 25.3. The molecule has 1 rings (SSSR count). The van der Waals surface area contributed by atoms with Gasteiger partial charge in [-0.15, -0.1) is 0 Å². The summed E-state index contributed by atoms with van der Waals surface area (Å²) in [5.41, 5.74) is -0.230. The van der Waals surface area contributed by atoms with Crippen LogP contribution in [-0.2, 0) is 6.61 Å². The van der Waals surface area contributed by atoms with Gasteiger partial charge in [0.2, 0.25) is 0 Å². The number of hydrogen-bond donors (Lipinski definition) is 1. The Balaban J connectivity index is 3.35. The van der Waals surface area contributed by atoms with Gasteiger partial charge in [0.25, 0.3) is 6.43 Å². The van der Waals surface area contributed by atoms with Crippen LogP contribution in [0.3, 0.4) is 0 Å². The number of alkyl halides is 2. The molecule has 0 unspecified atom stereocenters. The lowest BCUT2D eigenvalue weighted by Gasteiger charge is -2.09. The first-order valence-corrected chi connectivity index (χ1v) is 4.75. The number of rotatable bonds is 2. The van der Waals surface area contributed by atoms with E-state index in [-0.39, 0.29) is 16.3 Å². The summed E-state index contributed by atoms with van der Waals surface area (Å²) in [6.07, 6.45) is -1.36. The second-order valence-electron chi connectivity index (χ2n) is 2.25. The molecule has 0 fully saturated rings. The molecule has 1 aromatic rings. The molecule has 1 heterocycles. The Kier molecular flexibility index (Phi) is 3.81. The molecule has 0 bridgehead atoms. The van der Waals surface area contributed by atoms with Crippen molar-refractivity contribution in [2.45, 2.75) is 13.0 Å². The highest BCUT2D eigenvalue weighted by Crippen LogP contribution is 2.31. The molecule has 2 nitrogen and oxygen atoms in total. The number of aliphatic hydroxyl groups is 1. The molecule has 0 saturated heterocycles. The number of nitrogens with zero attached hydrogens (tertiary/aromatic N) is 1. The van der Waals surface area contributed by atoms with E-state index < -0.39 is 13.0 Å². The molecule has 0 aliphatic heterocycles. The summed E-state index contributed by atoms with van der Waals surface area (Å²) in [5.74, 6) is 0. The van der Waals surface area contributed by atoms with E-state index >= 15 is 0 Å². The van der Waals surface area contributed by atoms with E-state index in [9.17, 15) is 8.78 Å². The SMILES string of the molecule is OCc1c(I)cnc(Cl)c1C(F)F. The molecule has 1 N–H and O–H groups in total. The summed E-state index contributed by atoms with van der Waals surface area (Å²) in [4.78, 5) is 3.58. The van der Waals surface area contributed by atoms with Crippen LogP contribution in [0.25, 0.3) is 0 Å². The average molecular weight is 319 g/mol. The van der Waals surface area contributed by atoms with E-state index in [4.69, 9.17) is 16.7 Å². The predicted molar refractivity (Wildman–Crippen MR) is 52.8 cm³/mol. The highest BCUT2D eigenvalue weighted by Gasteiger charge is 2.19. The van der Waals surface area contributed by atoms with Crippen molar-refractivity contribution < 1.29 is 13.9 Å². The largest absolute Gasteiger partial charge is 0.392 e. The molecule has 0 aliphatic rings. The van der Waals surface area contributed by atoms with Crippen LogP contribution in [-0.4, -0.2) is 10.1 Å². The molecule has 13 heavy (non-hydrogen) atoms. The van der Waals surface area contributed by atoms with Crippen LogP contribution in [0.2, 0.25) is 5.15 Å². The zero-order chi connectivity index (χ0) is 10.0. The number of hydrogen-bond acceptors (Lipinski definition) is 2. The van der Waals surface area contributed by atoms with Crippen molar-refractivity contribution in [2.75, 3.05) is 0 Å². The van der Waals surface area contributed by atoms with Crippen LogP contribution in [0, 0.1) is 3.57 Å². The van der Waals surface area contributed by atoms with Crippen molar-refractivity contribution in [1.29, 1.82) is 0 Å². The first-order chi connectivity index (χ1) is 6.07. The van der Waals surface area contributed by atoms with E-state index in [1.807, 2.05) is 22.6 Å². The number of aliphatic hydroxyl groups excluding tert-OH is 1. The highest BCUT2D eigenvalue weighted by molar-refractivity contribution is 14.1. The van der Waals surface area contributed by atoms with Crippen molar-refractivity contribution in [3.05, 3.63) is 26.0 Å². The number of aromatic nitrogens is 1. The summed E-state index contributed by atoms with van der Waals surface area (Å²) in [5, 5.41) is 8.60. The first kappa shape index (κ1) is 11.1. The predicted octanol–water partition coefficient (Wildman–Crippen LogP) is 2.77. The Morgan fingerprint density at radius 3 is 2.62 bits per heavy atom. The van der Waals surface area contributed by atoms with E-state index in [2.05, 4.69) is 4.98 Å². The highest BCUT2D eigenvalue weighted by atomic mass is 127. The lowest BCUT2D eigenvalue weighted by Crippen LogP contribution is -2.01. The van der Waals surface area contributed by atoms with Gasteiger partial charge in [-0.3, -0.25) is 0 Å². The van der Waals surface area contributed by atoms with Gasteiger partial charge < -0.3 is 5.11 Å². The average Bonchev–Trinajstić information content (AvgIpc) is 2.07. The minimum absolute atomic E-state index is 0.149. The standard InChI is InChI=1S/C7H5ClF2INO/c8-6-5(7(9)10)3(2-13)4(11)1-12-6/h1,7,13H,2H2. The second-order valence-corrected chi connectivity index (χ2v) is 3.77. The topological polar surface area (TPSA) is 33.1 Å². The molecular weight excluding hydrogens is 314 g/mol. The maximum atomic E-state index is 12.4. The van der Waals surface area contributed by atoms with Crippen molar-refractivity contribution in [2.24, 2.45) is 0 Å². The van der Waals surface area contributed by atoms with Gasteiger partial charge >= 0.3 is 0 Å². The second kappa shape index (κ2) is 4.47. The quantitative estimate of drug-likeness (QED) is 0.672. The van der Waals surface area contributed by atoms with Gasteiger partial charge in [-0.25, -0.2) is 13.8 Å². The molecule has 1 aromatic heterocycles. The Morgan fingerprint density at radius 1 is 1.62 bits per heavy atom. The monoisotopic (exact) mass is 319 g/mol. The maximum Gasteiger partial charge on any atom is 0.267 e. The molecule has 0 saturated carbocycles. The minimum atomic E-state index is -2.71. The molecule has 0 aromatic carbocycles. The summed E-state index contributed by atoms with van der Waals surface area (Å²) >= 11 is 7.29. The van der Waals surface area contributed by atoms with E-state index in [1.165, 1.54) is 6.20 Å². The van der Waals surface area contributed by atoms with Crippen LogP contribution in [0.5, 0.6) is 0 Å². The van der Waals surface area contributed by atoms with Crippen LogP contribution in [0.1, 0.15) is 17.6 Å². The van der Waals surface area contributed by atoms with Crippen LogP contribution in [0.4, 0.5) is 8.78 Å². The van der Waals surface area contributed by atoms with Gasteiger partial charge in [0.15, 0.2) is 0 Å². The first-order valence-electron chi connectivity index (χ1n) is 3.29. The molecule has 6 heteroatoms. The fourth-order valence-electron chi connectivity index (χ4n) is 0.896. The third-order valence-electron chi connectivity index (χ3n) is 1.50. The molecule has 0 radical (unpaired) electrons. The van der Waals surface area contributed by atoms with Gasteiger partial charge in [-0.1, -0.05) is 11.6 Å². The molecule has 0 aliphatic carbocycles. The third-order valence-corrected chi connectivity index (χ3v) is 2.73. The Labute approximate surface area is 92.1 Å². The maximum absolute atomic E-state index is 12.4. The van der Waals surface area contributed by atoms with Gasteiger partial charge in [0.05, 0.1) is 12.2 Å². The fourth-order valence-corrected chi connectivity index (χ4v) is 1.74. The summed E-state index contributed by atoms with van der Waals surface area (Å²) in [6, 6.07) is 0. The van der Waals surface area contributed by atoms with Gasteiger partial charge in [-0.2, -0.15) is 0 Å². The van der Waals surface area contributed by atoms with Crippen molar-refractivity contribution in [3.8, 4) is 0 Å². The number of pyridine rings is 1. The van der Waals surface area contributed by atoms with Crippen LogP contribution >= 0.6 is 34.2 Å². The van der Waals surface area contributed by atoms with Crippen molar-refractivity contribution in [1.82, 2.24) is 4.98 Å². The molecule has 0 amide bonds. The van der Waals surface area contributed by atoms with Crippen molar-refractivity contribution >= 4 is 34.2 Å².